The lowest BCUT2D eigenvalue weighted by Crippen LogP contribution is -2.40. The van der Waals surface area contributed by atoms with E-state index in [1.165, 1.54) is 0 Å². The molecule has 1 aliphatic rings. The van der Waals surface area contributed by atoms with E-state index in [0.29, 0.717) is 30.3 Å². The largest absolute Gasteiger partial charge is 0.497 e. The fourth-order valence-electron chi connectivity index (χ4n) is 2.53. The Morgan fingerprint density at radius 2 is 1.76 bits per heavy atom. The molecule has 0 spiro atoms. The zero-order valence-corrected chi connectivity index (χ0v) is 14.8. The number of hydrogen-bond acceptors (Lipinski definition) is 5. The van der Waals surface area contributed by atoms with Crippen molar-refractivity contribution in [1.29, 1.82) is 0 Å². The van der Waals surface area contributed by atoms with E-state index in [1.807, 2.05) is 12.1 Å². The number of nitrogens with zero attached hydrogens (tertiary/aromatic N) is 1. The van der Waals surface area contributed by atoms with Crippen LogP contribution >= 0.6 is 12.2 Å². The Morgan fingerprint density at radius 1 is 1.04 bits per heavy atom. The van der Waals surface area contributed by atoms with Crippen LogP contribution in [-0.2, 0) is 4.74 Å². The third-order valence-electron chi connectivity index (χ3n) is 3.92. The Labute approximate surface area is 152 Å². The first kappa shape index (κ1) is 17.4. The summed E-state index contributed by atoms with van der Waals surface area (Å²) in [4.78, 5) is 15.1. The first-order valence-corrected chi connectivity index (χ1v) is 8.41. The average molecular weight is 357 g/mol. The number of ether oxygens (including phenoxy) is 3. The first-order valence-electron chi connectivity index (χ1n) is 8.01. The minimum Gasteiger partial charge on any atom is -0.497 e. The summed E-state index contributed by atoms with van der Waals surface area (Å²) in [5.41, 5.74) is 1.32. The van der Waals surface area contributed by atoms with Crippen LogP contribution < -0.4 is 9.47 Å². The van der Waals surface area contributed by atoms with Gasteiger partial charge in [0.1, 0.15) is 16.5 Å². The number of methoxy groups -OCH3 is 1. The number of thiocarbonyl (C=S) groups is 1. The van der Waals surface area contributed by atoms with Crippen molar-refractivity contribution < 1.29 is 19.0 Å². The molecule has 0 saturated carbocycles. The van der Waals surface area contributed by atoms with Gasteiger partial charge in [-0.15, -0.1) is 0 Å². The van der Waals surface area contributed by atoms with Gasteiger partial charge in [-0.05, 0) is 36.4 Å². The Bertz CT molecular complexity index is 754. The van der Waals surface area contributed by atoms with Gasteiger partial charge >= 0.3 is 5.97 Å². The Balaban J connectivity index is 1.70. The lowest BCUT2D eigenvalue weighted by molar-refractivity contribution is 0.0693. The molecule has 0 bridgehead atoms. The number of esters is 1. The van der Waals surface area contributed by atoms with Gasteiger partial charge < -0.3 is 19.1 Å². The van der Waals surface area contributed by atoms with Gasteiger partial charge in [0.15, 0.2) is 0 Å². The van der Waals surface area contributed by atoms with E-state index < -0.39 is 5.97 Å². The van der Waals surface area contributed by atoms with E-state index >= 15 is 0 Å². The summed E-state index contributed by atoms with van der Waals surface area (Å²) in [7, 11) is 1.58. The van der Waals surface area contributed by atoms with Gasteiger partial charge in [-0.3, -0.25) is 0 Å². The van der Waals surface area contributed by atoms with Gasteiger partial charge in [-0.1, -0.05) is 24.4 Å². The molecule has 6 heteroatoms. The van der Waals surface area contributed by atoms with Gasteiger partial charge in [0, 0.05) is 18.7 Å². The molecule has 130 valence electrons. The summed E-state index contributed by atoms with van der Waals surface area (Å²) in [6.45, 7) is 2.89. The zero-order chi connectivity index (χ0) is 17.6. The number of morpholine rings is 1. The fourth-order valence-corrected chi connectivity index (χ4v) is 2.84. The lowest BCUT2D eigenvalue weighted by Gasteiger charge is -2.29. The molecule has 0 unspecified atom stereocenters. The highest BCUT2D eigenvalue weighted by molar-refractivity contribution is 7.80. The molecule has 1 aliphatic heterocycles. The van der Waals surface area contributed by atoms with Crippen molar-refractivity contribution in [3.63, 3.8) is 0 Å². The zero-order valence-electron chi connectivity index (χ0n) is 13.9. The molecule has 0 radical (unpaired) electrons. The Hall–Kier alpha value is -2.44. The van der Waals surface area contributed by atoms with Crippen LogP contribution in [0.3, 0.4) is 0 Å². The molecule has 0 aromatic heterocycles. The standard InChI is InChI=1S/C19H19NO4S/c1-22-16-7-5-14(6-8-16)19(21)24-17-4-2-3-15(13-17)18(25)20-9-11-23-12-10-20/h2-8,13H,9-12H2,1H3. The summed E-state index contributed by atoms with van der Waals surface area (Å²) in [6.07, 6.45) is 0. The summed E-state index contributed by atoms with van der Waals surface area (Å²) >= 11 is 5.55. The third kappa shape index (κ3) is 4.35. The van der Waals surface area contributed by atoms with E-state index in [9.17, 15) is 4.79 Å². The van der Waals surface area contributed by atoms with Crippen LogP contribution in [-0.4, -0.2) is 49.3 Å². The van der Waals surface area contributed by atoms with Gasteiger partial charge in [0.25, 0.3) is 0 Å². The molecule has 1 heterocycles. The maximum Gasteiger partial charge on any atom is 0.343 e. The van der Waals surface area contributed by atoms with E-state index in [2.05, 4.69) is 4.90 Å². The molecular formula is C19H19NO4S. The first-order chi connectivity index (χ1) is 12.2. The number of hydrogen-bond donors (Lipinski definition) is 0. The minimum absolute atomic E-state index is 0.419. The van der Waals surface area contributed by atoms with Crippen molar-refractivity contribution in [2.24, 2.45) is 0 Å². The van der Waals surface area contributed by atoms with Gasteiger partial charge in [-0.2, -0.15) is 0 Å². The third-order valence-corrected chi connectivity index (χ3v) is 4.41. The Morgan fingerprint density at radius 3 is 2.44 bits per heavy atom. The quantitative estimate of drug-likeness (QED) is 0.476. The highest BCUT2D eigenvalue weighted by Crippen LogP contribution is 2.19. The predicted molar refractivity (Wildman–Crippen MR) is 98.5 cm³/mol. The molecule has 25 heavy (non-hydrogen) atoms. The minimum atomic E-state index is -0.419. The molecular weight excluding hydrogens is 338 g/mol. The predicted octanol–water partition coefficient (Wildman–Crippen LogP) is 2.92. The maximum atomic E-state index is 12.3. The molecule has 0 N–H and O–H groups in total. The van der Waals surface area contributed by atoms with Crippen LogP contribution in [0.4, 0.5) is 0 Å². The van der Waals surface area contributed by atoms with Crippen LogP contribution in [0.15, 0.2) is 48.5 Å². The topological polar surface area (TPSA) is 48.0 Å². The maximum absolute atomic E-state index is 12.3. The lowest BCUT2D eigenvalue weighted by atomic mass is 10.2. The van der Waals surface area contributed by atoms with E-state index in [-0.39, 0.29) is 0 Å². The summed E-state index contributed by atoms with van der Waals surface area (Å²) in [6, 6.07) is 14.1. The summed E-state index contributed by atoms with van der Waals surface area (Å²) in [5, 5.41) is 0. The molecule has 3 rings (SSSR count). The van der Waals surface area contributed by atoms with Crippen molar-refractivity contribution in [3.05, 3.63) is 59.7 Å². The van der Waals surface area contributed by atoms with Crippen molar-refractivity contribution in [1.82, 2.24) is 4.90 Å². The summed E-state index contributed by atoms with van der Waals surface area (Å²) in [5.74, 6) is 0.737. The molecule has 0 amide bonds. The number of rotatable bonds is 4. The molecule has 0 atom stereocenters. The summed E-state index contributed by atoms with van der Waals surface area (Å²) < 4.78 is 15.9. The van der Waals surface area contributed by atoms with E-state index in [4.69, 9.17) is 26.4 Å². The molecule has 1 saturated heterocycles. The highest BCUT2D eigenvalue weighted by Gasteiger charge is 2.16. The molecule has 1 fully saturated rings. The van der Waals surface area contributed by atoms with Gasteiger partial charge in [-0.25, -0.2) is 4.79 Å². The van der Waals surface area contributed by atoms with Crippen molar-refractivity contribution in [2.45, 2.75) is 0 Å². The SMILES string of the molecule is COc1ccc(C(=O)Oc2cccc(C(=S)N3CCOCC3)c2)cc1. The van der Waals surface area contributed by atoms with Crippen LogP contribution in [0, 0.1) is 0 Å². The van der Waals surface area contributed by atoms with Crippen molar-refractivity contribution >= 4 is 23.2 Å². The van der Waals surface area contributed by atoms with E-state index in [1.54, 1.807) is 43.5 Å². The van der Waals surface area contributed by atoms with Crippen molar-refractivity contribution in [3.8, 4) is 11.5 Å². The second kappa shape index (κ2) is 8.09. The van der Waals surface area contributed by atoms with Crippen LogP contribution in [0.1, 0.15) is 15.9 Å². The molecule has 5 nitrogen and oxygen atoms in total. The van der Waals surface area contributed by atoms with Crippen LogP contribution in [0.2, 0.25) is 0 Å². The monoisotopic (exact) mass is 357 g/mol. The number of carbonyl (C=O) groups excluding carboxylic acids is 1. The van der Waals surface area contributed by atoms with Crippen LogP contribution in [0.5, 0.6) is 11.5 Å². The van der Waals surface area contributed by atoms with Crippen molar-refractivity contribution in [2.75, 3.05) is 33.4 Å². The second-order valence-corrected chi connectivity index (χ2v) is 5.94. The molecule has 2 aromatic rings. The fraction of sp³-hybridized carbons (Fsp3) is 0.263. The second-order valence-electron chi connectivity index (χ2n) is 5.55. The smallest absolute Gasteiger partial charge is 0.343 e. The van der Waals surface area contributed by atoms with Gasteiger partial charge in [0.2, 0.25) is 0 Å². The molecule has 0 aliphatic carbocycles. The normalized spacial score (nSPS) is 14.0. The van der Waals surface area contributed by atoms with Gasteiger partial charge in [0.05, 0.1) is 25.9 Å². The molecule has 2 aromatic carbocycles. The number of benzene rings is 2. The highest BCUT2D eigenvalue weighted by atomic mass is 32.1. The average Bonchev–Trinajstić information content (AvgIpc) is 2.68. The Kier molecular flexibility index (Phi) is 5.63. The van der Waals surface area contributed by atoms with Crippen LogP contribution in [0.25, 0.3) is 0 Å². The van der Waals surface area contributed by atoms with E-state index in [0.717, 1.165) is 23.6 Å². The number of carbonyl (C=O) groups is 1.